The highest BCUT2D eigenvalue weighted by atomic mass is 35.5. The van der Waals surface area contributed by atoms with Crippen LogP contribution in [0.5, 0.6) is 0 Å². The minimum absolute atomic E-state index is 0.521. The van der Waals surface area contributed by atoms with E-state index in [0.29, 0.717) is 11.7 Å². The summed E-state index contributed by atoms with van der Waals surface area (Å²) in [6.45, 7) is 4.06. The molecule has 1 aliphatic rings. The van der Waals surface area contributed by atoms with Crippen molar-refractivity contribution in [1.82, 2.24) is 15.6 Å². The number of hydrogen-bond donors (Lipinski definition) is 2. The maximum atomic E-state index is 5.79. The van der Waals surface area contributed by atoms with Gasteiger partial charge in [0.25, 0.3) is 0 Å². The van der Waals surface area contributed by atoms with Crippen LogP contribution in [0.25, 0.3) is 0 Å². The lowest BCUT2D eigenvalue weighted by Crippen LogP contribution is -2.38. The molecule has 2 atom stereocenters. The predicted molar refractivity (Wildman–Crippen MR) is 93.2 cm³/mol. The summed E-state index contributed by atoms with van der Waals surface area (Å²) in [5.74, 6) is 2.61. The molecule has 1 aliphatic carbocycles. The minimum atomic E-state index is 0.521. The van der Waals surface area contributed by atoms with Crippen LogP contribution in [-0.2, 0) is 6.54 Å². The number of hydrogen-bond acceptors (Lipinski definition) is 2. The lowest BCUT2D eigenvalue weighted by Gasteiger charge is -2.26. The van der Waals surface area contributed by atoms with Gasteiger partial charge < -0.3 is 10.6 Å². The van der Waals surface area contributed by atoms with Gasteiger partial charge in [-0.25, -0.2) is 4.98 Å². The fourth-order valence-corrected chi connectivity index (χ4v) is 3.25. The molecule has 2 N–H and O–H groups in total. The van der Waals surface area contributed by atoms with Gasteiger partial charge in [0, 0.05) is 26.3 Å². The molecule has 4 nitrogen and oxygen atoms in total. The van der Waals surface area contributed by atoms with Crippen molar-refractivity contribution in [3.05, 3.63) is 29.0 Å². The summed E-state index contributed by atoms with van der Waals surface area (Å²) < 4.78 is 0. The highest BCUT2D eigenvalue weighted by Gasteiger charge is 2.18. The van der Waals surface area contributed by atoms with Crippen LogP contribution in [0.2, 0.25) is 5.15 Å². The zero-order valence-electron chi connectivity index (χ0n) is 13.6. The van der Waals surface area contributed by atoms with Gasteiger partial charge in [-0.15, -0.1) is 0 Å². The van der Waals surface area contributed by atoms with Gasteiger partial charge in [-0.1, -0.05) is 43.9 Å². The van der Waals surface area contributed by atoms with E-state index in [0.717, 1.165) is 29.9 Å². The molecule has 1 saturated carbocycles. The van der Waals surface area contributed by atoms with Gasteiger partial charge in [0.15, 0.2) is 5.96 Å². The molecule has 0 radical (unpaired) electrons. The smallest absolute Gasteiger partial charge is 0.191 e. The van der Waals surface area contributed by atoms with E-state index in [9.17, 15) is 0 Å². The largest absolute Gasteiger partial charge is 0.356 e. The molecule has 0 aliphatic heterocycles. The molecule has 0 amide bonds. The van der Waals surface area contributed by atoms with Gasteiger partial charge in [0.2, 0.25) is 0 Å². The van der Waals surface area contributed by atoms with Gasteiger partial charge in [-0.3, -0.25) is 4.99 Å². The molecule has 2 rings (SSSR count). The van der Waals surface area contributed by atoms with Crippen molar-refractivity contribution in [1.29, 1.82) is 0 Å². The number of rotatable bonds is 5. The molecule has 1 aromatic heterocycles. The Morgan fingerprint density at radius 2 is 2.23 bits per heavy atom. The SMILES string of the molecule is CN=C(NCCC1CCCC(C)C1)NCc1ccc(Cl)nc1. The number of aliphatic imine (C=N–C) groups is 1. The molecule has 22 heavy (non-hydrogen) atoms. The lowest BCUT2D eigenvalue weighted by molar-refractivity contribution is 0.270. The Labute approximate surface area is 138 Å². The molecule has 0 aromatic carbocycles. The van der Waals surface area contributed by atoms with Crippen LogP contribution >= 0.6 is 11.6 Å². The van der Waals surface area contributed by atoms with Gasteiger partial charge in [-0.05, 0) is 36.3 Å². The number of halogens is 1. The monoisotopic (exact) mass is 322 g/mol. The second kappa shape index (κ2) is 8.99. The quantitative estimate of drug-likeness (QED) is 0.494. The zero-order chi connectivity index (χ0) is 15.8. The van der Waals surface area contributed by atoms with Gasteiger partial charge in [0.05, 0.1) is 0 Å². The molecular formula is C17H27ClN4. The number of nitrogens with zero attached hydrogens (tertiary/aromatic N) is 2. The molecule has 0 spiro atoms. The van der Waals surface area contributed by atoms with Crippen LogP contribution in [0.4, 0.5) is 0 Å². The van der Waals surface area contributed by atoms with E-state index >= 15 is 0 Å². The highest BCUT2D eigenvalue weighted by Crippen LogP contribution is 2.30. The standard InChI is InChI=1S/C17H27ClN4/c1-13-4-3-5-14(10-13)8-9-20-17(19-2)22-12-15-6-7-16(18)21-11-15/h6-7,11,13-14H,3-5,8-10,12H2,1-2H3,(H2,19,20,22). The van der Waals surface area contributed by atoms with Crippen LogP contribution < -0.4 is 10.6 Å². The van der Waals surface area contributed by atoms with Crippen molar-refractivity contribution >= 4 is 17.6 Å². The molecule has 1 fully saturated rings. The normalized spacial score (nSPS) is 22.4. The Balaban J connectivity index is 1.67. The van der Waals surface area contributed by atoms with Crippen molar-refractivity contribution in [3.8, 4) is 0 Å². The number of nitrogens with one attached hydrogen (secondary N) is 2. The minimum Gasteiger partial charge on any atom is -0.356 e. The third-order valence-corrected chi connectivity index (χ3v) is 4.59. The maximum absolute atomic E-state index is 5.79. The lowest BCUT2D eigenvalue weighted by atomic mass is 9.81. The van der Waals surface area contributed by atoms with E-state index in [-0.39, 0.29) is 0 Å². The average Bonchev–Trinajstić information content (AvgIpc) is 2.52. The molecule has 1 aromatic rings. The van der Waals surface area contributed by atoms with E-state index < -0.39 is 0 Å². The third-order valence-electron chi connectivity index (χ3n) is 4.36. The zero-order valence-corrected chi connectivity index (χ0v) is 14.4. The van der Waals surface area contributed by atoms with Crippen molar-refractivity contribution in [3.63, 3.8) is 0 Å². The third kappa shape index (κ3) is 5.84. The van der Waals surface area contributed by atoms with E-state index in [4.69, 9.17) is 11.6 Å². The molecule has 0 bridgehead atoms. The molecule has 122 valence electrons. The Morgan fingerprint density at radius 1 is 1.36 bits per heavy atom. The second-order valence-corrected chi connectivity index (χ2v) is 6.66. The fourth-order valence-electron chi connectivity index (χ4n) is 3.13. The highest BCUT2D eigenvalue weighted by molar-refractivity contribution is 6.29. The number of guanidine groups is 1. The van der Waals surface area contributed by atoms with E-state index in [1.165, 1.54) is 32.1 Å². The summed E-state index contributed by atoms with van der Waals surface area (Å²) in [6.07, 6.45) is 8.57. The van der Waals surface area contributed by atoms with E-state index in [2.05, 4.69) is 27.5 Å². The molecule has 1 heterocycles. The van der Waals surface area contributed by atoms with Crippen LogP contribution in [0.15, 0.2) is 23.3 Å². The Kier molecular flexibility index (Phi) is 6.97. The fraction of sp³-hybridized carbons (Fsp3) is 0.647. The first-order chi connectivity index (χ1) is 10.7. The first-order valence-electron chi connectivity index (χ1n) is 8.22. The summed E-state index contributed by atoms with van der Waals surface area (Å²) in [4.78, 5) is 8.34. The van der Waals surface area contributed by atoms with Crippen molar-refractivity contribution in [2.75, 3.05) is 13.6 Å². The second-order valence-electron chi connectivity index (χ2n) is 6.27. The summed E-state index contributed by atoms with van der Waals surface area (Å²) >= 11 is 5.79. The number of aromatic nitrogens is 1. The first-order valence-corrected chi connectivity index (χ1v) is 8.60. The molecule has 0 saturated heterocycles. The van der Waals surface area contributed by atoms with Crippen molar-refractivity contribution in [2.45, 2.75) is 45.6 Å². The van der Waals surface area contributed by atoms with Crippen LogP contribution in [-0.4, -0.2) is 24.5 Å². The molecule has 5 heteroatoms. The summed E-state index contributed by atoms with van der Waals surface area (Å²) in [6, 6.07) is 3.78. The predicted octanol–water partition coefficient (Wildman–Crippen LogP) is 3.62. The van der Waals surface area contributed by atoms with Crippen molar-refractivity contribution in [2.24, 2.45) is 16.8 Å². The molecular weight excluding hydrogens is 296 g/mol. The van der Waals surface area contributed by atoms with Crippen LogP contribution in [0.3, 0.4) is 0 Å². The van der Waals surface area contributed by atoms with E-state index in [1.54, 1.807) is 19.3 Å². The maximum Gasteiger partial charge on any atom is 0.191 e. The molecule has 2 unspecified atom stereocenters. The van der Waals surface area contributed by atoms with E-state index in [1.807, 2.05) is 6.07 Å². The van der Waals surface area contributed by atoms with Crippen LogP contribution in [0, 0.1) is 11.8 Å². The number of pyridine rings is 1. The average molecular weight is 323 g/mol. The Hall–Kier alpha value is -1.29. The summed E-state index contributed by atoms with van der Waals surface area (Å²) in [7, 11) is 1.80. The summed E-state index contributed by atoms with van der Waals surface area (Å²) in [5.41, 5.74) is 1.09. The summed E-state index contributed by atoms with van der Waals surface area (Å²) in [5, 5.41) is 7.23. The Bertz CT molecular complexity index is 472. The van der Waals surface area contributed by atoms with Gasteiger partial charge in [0.1, 0.15) is 5.15 Å². The topological polar surface area (TPSA) is 49.3 Å². The Morgan fingerprint density at radius 3 is 2.91 bits per heavy atom. The van der Waals surface area contributed by atoms with Gasteiger partial charge >= 0.3 is 0 Å². The van der Waals surface area contributed by atoms with Gasteiger partial charge in [-0.2, -0.15) is 0 Å². The first kappa shape index (κ1) is 17.1. The van der Waals surface area contributed by atoms with Crippen molar-refractivity contribution < 1.29 is 0 Å². The van der Waals surface area contributed by atoms with Crippen LogP contribution in [0.1, 0.15) is 44.6 Å².